The number of rotatable bonds is 3. The van der Waals surface area contributed by atoms with E-state index in [2.05, 4.69) is 19.8 Å². The molecule has 26 heavy (non-hydrogen) atoms. The molecule has 7 heteroatoms. The Kier molecular flexibility index (Phi) is 4.69. The highest BCUT2D eigenvalue weighted by Gasteiger charge is 2.23. The summed E-state index contributed by atoms with van der Waals surface area (Å²) in [7, 11) is 0. The van der Waals surface area contributed by atoms with Crippen LogP contribution in [0.3, 0.4) is 0 Å². The van der Waals surface area contributed by atoms with Gasteiger partial charge in [-0.1, -0.05) is 0 Å². The SMILES string of the molecule is O=C(c1cc(N2CCN(c3ccc(F)cc3)CC2)ncn1)N1CCCC1. The lowest BCUT2D eigenvalue weighted by Gasteiger charge is -2.36. The van der Waals surface area contributed by atoms with Crippen molar-refractivity contribution in [3.05, 3.63) is 48.2 Å². The number of carbonyl (C=O) groups excluding carboxylic acids is 1. The molecule has 1 aromatic carbocycles. The third kappa shape index (κ3) is 3.47. The topological polar surface area (TPSA) is 52.6 Å². The van der Waals surface area contributed by atoms with Gasteiger partial charge in [0.25, 0.3) is 5.91 Å². The van der Waals surface area contributed by atoms with E-state index >= 15 is 0 Å². The van der Waals surface area contributed by atoms with Crippen LogP contribution in [-0.4, -0.2) is 60.0 Å². The summed E-state index contributed by atoms with van der Waals surface area (Å²) in [5, 5.41) is 0. The zero-order valence-corrected chi connectivity index (χ0v) is 14.6. The van der Waals surface area contributed by atoms with Crippen LogP contribution in [0.4, 0.5) is 15.9 Å². The van der Waals surface area contributed by atoms with Gasteiger partial charge in [0.15, 0.2) is 0 Å². The van der Waals surface area contributed by atoms with Crippen molar-refractivity contribution in [2.24, 2.45) is 0 Å². The Morgan fingerprint density at radius 1 is 0.885 bits per heavy atom. The smallest absolute Gasteiger partial charge is 0.272 e. The Hall–Kier alpha value is -2.70. The standard InChI is InChI=1S/C19H22FN5O/c20-15-3-5-16(6-4-15)23-9-11-24(12-10-23)18-13-17(21-14-22-18)19(26)25-7-1-2-8-25/h3-6,13-14H,1-2,7-12H2. The molecule has 2 fully saturated rings. The van der Waals surface area contributed by atoms with Crippen LogP contribution < -0.4 is 9.80 Å². The first kappa shape index (κ1) is 16.8. The summed E-state index contributed by atoms with van der Waals surface area (Å²) in [5.74, 6) is 0.570. The third-order valence-corrected chi connectivity index (χ3v) is 5.06. The summed E-state index contributed by atoms with van der Waals surface area (Å²) in [6.07, 6.45) is 3.61. The predicted octanol–water partition coefficient (Wildman–Crippen LogP) is 2.18. The number of nitrogens with zero attached hydrogens (tertiary/aromatic N) is 5. The van der Waals surface area contributed by atoms with Crippen molar-refractivity contribution in [2.45, 2.75) is 12.8 Å². The van der Waals surface area contributed by atoms with E-state index in [0.29, 0.717) is 5.69 Å². The number of carbonyl (C=O) groups is 1. The molecule has 3 heterocycles. The summed E-state index contributed by atoms with van der Waals surface area (Å²) in [6, 6.07) is 8.39. The Balaban J connectivity index is 1.42. The summed E-state index contributed by atoms with van der Waals surface area (Å²) in [5.41, 5.74) is 1.50. The molecule has 136 valence electrons. The van der Waals surface area contributed by atoms with E-state index in [1.165, 1.54) is 18.5 Å². The Morgan fingerprint density at radius 2 is 1.54 bits per heavy atom. The van der Waals surface area contributed by atoms with Crippen LogP contribution in [0, 0.1) is 5.82 Å². The van der Waals surface area contributed by atoms with Crippen molar-refractivity contribution in [2.75, 3.05) is 49.1 Å². The molecule has 0 bridgehead atoms. The van der Waals surface area contributed by atoms with Crippen molar-refractivity contribution in [1.29, 1.82) is 0 Å². The second-order valence-corrected chi connectivity index (χ2v) is 6.71. The monoisotopic (exact) mass is 355 g/mol. The van der Waals surface area contributed by atoms with Gasteiger partial charge in [0.1, 0.15) is 23.7 Å². The first-order valence-electron chi connectivity index (χ1n) is 9.07. The van der Waals surface area contributed by atoms with E-state index in [0.717, 1.165) is 63.6 Å². The number of piperazine rings is 1. The number of hydrogen-bond acceptors (Lipinski definition) is 5. The van der Waals surface area contributed by atoms with Crippen LogP contribution in [-0.2, 0) is 0 Å². The predicted molar refractivity (Wildman–Crippen MR) is 98.0 cm³/mol. The average Bonchev–Trinajstić information content (AvgIpc) is 3.23. The van der Waals surface area contributed by atoms with E-state index < -0.39 is 0 Å². The summed E-state index contributed by atoms with van der Waals surface area (Å²) in [6.45, 7) is 4.87. The highest BCUT2D eigenvalue weighted by molar-refractivity contribution is 5.93. The molecule has 2 aliphatic rings. The fourth-order valence-corrected chi connectivity index (χ4v) is 3.56. The van der Waals surface area contributed by atoms with E-state index in [9.17, 15) is 9.18 Å². The van der Waals surface area contributed by atoms with Gasteiger partial charge >= 0.3 is 0 Å². The summed E-state index contributed by atoms with van der Waals surface area (Å²) in [4.78, 5) is 27.3. The highest BCUT2D eigenvalue weighted by Crippen LogP contribution is 2.20. The largest absolute Gasteiger partial charge is 0.368 e. The number of likely N-dealkylation sites (tertiary alicyclic amines) is 1. The van der Waals surface area contributed by atoms with E-state index in [-0.39, 0.29) is 11.7 Å². The zero-order valence-electron chi connectivity index (χ0n) is 14.6. The maximum Gasteiger partial charge on any atom is 0.272 e. The molecule has 0 N–H and O–H groups in total. The quantitative estimate of drug-likeness (QED) is 0.845. The lowest BCUT2D eigenvalue weighted by molar-refractivity contribution is 0.0787. The minimum Gasteiger partial charge on any atom is -0.368 e. The third-order valence-electron chi connectivity index (χ3n) is 5.06. The van der Waals surface area contributed by atoms with Crippen LogP contribution in [0.2, 0.25) is 0 Å². The summed E-state index contributed by atoms with van der Waals surface area (Å²) >= 11 is 0. The second kappa shape index (κ2) is 7.27. The fourth-order valence-electron chi connectivity index (χ4n) is 3.56. The Bertz CT molecular complexity index is 768. The average molecular weight is 355 g/mol. The van der Waals surface area contributed by atoms with Gasteiger partial charge in [0, 0.05) is 51.0 Å². The lowest BCUT2D eigenvalue weighted by Crippen LogP contribution is -2.47. The molecule has 0 aliphatic carbocycles. The van der Waals surface area contributed by atoms with E-state index in [1.807, 2.05) is 17.0 Å². The number of benzene rings is 1. The molecule has 0 saturated carbocycles. The van der Waals surface area contributed by atoms with Crippen LogP contribution in [0.25, 0.3) is 0 Å². The van der Waals surface area contributed by atoms with Gasteiger partial charge in [-0.15, -0.1) is 0 Å². The van der Waals surface area contributed by atoms with Gasteiger partial charge in [-0.2, -0.15) is 0 Å². The maximum atomic E-state index is 13.1. The van der Waals surface area contributed by atoms with Gasteiger partial charge in [0.2, 0.25) is 0 Å². The molecule has 6 nitrogen and oxygen atoms in total. The van der Waals surface area contributed by atoms with Crippen molar-refractivity contribution >= 4 is 17.4 Å². The number of aromatic nitrogens is 2. The minimum absolute atomic E-state index is 0.00361. The number of amides is 1. The molecule has 1 amide bonds. The normalized spacial score (nSPS) is 17.7. The molecule has 2 aliphatic heterocycles. The number of halogens is 1. The van der Waals surface area contributed by atoms with Gasteiger partial charge in [0.05, 0.1) is 0 Å². The molecule has 4 rings (SSSR count). The van der Waals surface area contributed by atoms with Gasteiger partial charge in [-0.25, -0.2) is 14.4 Å². The number of anilines is 2. The fraction of sp³-hybridized carbons (Fsp3) is 0.421. The first-order valence-corrected chi connectivity index (χ1v) is 9.07. The van der Waals surface area contributed by atoms with E-state index in [4.69, 9.17) is 0 Å². The van der Waals surface area contributed by atoms with Gasteiger partial charge < -0.3 is 14.7 Å². The molecule has 2 saturated heterocycles. The van der Waals surface area contributed by atoms with Crippen molar-refractivity contribution in [3.8, 4) is 0 Å². The minimum atomic E-state index is -0.219. The first-order chi connectivity index (χ1) is 12.7. The van der Waals surface area contributed by atoms with Crippen LogP contribution >= 0.6 is 0 Å². The molecular weight excluding hydrogens is 333 g/mol. The van der Waals surface area contributed by atoms with Crippen LogP contribution in [0.15, 0.2) is 36.7 Å². The van der Waals surface area contributed by atoms with E-state index in [1.54, 1.807) is 6.07 Å². The van der Waals surface area contributed by atoms with Crippen molar-refractivity contribution in [3.63, 3.8) is 0 Å². The molecular formula is C19H22FN5O. The van der Waals surface area contributed by atoms with Crippen molar-refractivity contribution < 1.29 is 9.18 Å². The Labute approximate surface area is 152 Å². The maximum absolute atomic E-state index is 13.1. The number of hydrogen-bond donors (Lipinski definition) is 0. The molecule has 0 radical (unpaired) electrons. The molecule has 0 unspecified atom stereocenters. The van der Waals surface area contributed by atoms with Gasteiger partial charge in [-0.3, -0.25) is 4.79 Å². The van der Waals surface area contributed by atoms with Crippen LogP contribution in [0.5, 0.6) is 0 Å². The molecule has 0 atom stereocenters. The lowest BCUT2D eigenvalue weighted by atomic mass is 10.2. The summed E-state index contributed by atoms with van der Waals surface area (Å²) < 4.78 is 13.1. The molecule has 2 aromatic rings. The van der Waals surface area contributed by atoms with Gasteiger partial charge in [-0.05, 0) is 37.1 Å². The zero-order chi connectivity index (χ0) is 17.9. The molecule has 0 spiro atoms. The Morgan fingerprint density at radius 3 is 2.23 bits per heavy atom. The highest BCUT2D eigenvalue weighted by atomic mass is 19.1. The molecule has 1 aromatic heterocycles. The van der Waals surface area contributed by atoms with Crippen molar-refractivity contribution in [1.82, 2.24) is 14.9 Å². The van der Waals surface area contributed by atoms with Crippen LogP contribution in [0.1, 0.15) is 23.3 Å². The second-order valence-electron chi connectivity index (χ2n) is 6.71.